The van der Waals surface area contributed by atoms with E-state index in [-0.39, 0.29) is 19.2 Å². The Morgan fingerprint density at radius 3 is 1.94 bits per heavy atom. The Morgan fingerprint density at radius 1 is 0.781 bits per heavy atom. The summed E-state index contributed by atoms with van der Waals surface area (Å²) in [5, 5.41) is 9.40. The van der Waals surface area contributed by atoms with E-state index >= 15 is 0 Å². The van der Waals surface area contributed by atoms with Crippen molar-refractivity contribution in [1.29, 1.82) is 0 Å². The zero-order valence-corrected chi connectivity index (χ0v) is 20.7. The number of esters is 1. The summed E-state index contributed by atoms with van der Waals surface area (Å²) in [5.74, 6) is -0.286. The fourth-order valence-corrected chi connectivity index (χ4v) is 3.04. The molecule has 1 atom stereocenters. The van der Waals surface area contributed by atoms with Crippen LogP contribution in [0.25, 0.3) is 0 Å². The van der Waals surface area contributed by atoms with E-state index < -0.39 is 6.10 Å². The highest BCUT2D eigenvalue weighted by Gasteiger charge is 2.13. The molecule has 0 saturated heterocycles. The van der Waals surface area contributed by atoms with Gasteiger partial charge < -0.3 is 14.6 Å². The highest BCUT2D eigenvalue weighted by molar-refractivity contribution is 5.69. The fraction of sp³-hybridized carbons (Fsp3) is 0.679. The van der Waals surface area contributed by atoms with Gasteiger partial charge in [0.2, 0.25) is 0 Å². The van der Waals surface area contributed by atoms with Crippen LogP contribution in [0.2, 0.25) is 0 Å². The number of carbonyl (C=O) groups excluding carboxylic acids is 1. The van der Waals surface area contributed by atoms with Crippen LogP contribution in [0.4, 0.5) is 0 Å². The Kier molecular flexibility index (Phi) is 24.3. The van der Waals surface area contributed by atoms with Gasteiger partial charge in [-0.15, -0.1) is 0 Å². The van der Waals surface area contributed by atoms with E-state index in [1.807, 2.05) is 6.08 Å². The maximum atomic E-state index is 11.9. The number of carbonyl (C=O) groups is 1. The second-order valence-electron chi connectivity index (χ2n) is 8.03. The molecule has 0 fully saturated rings. The first-order valence-electron chi connectivity index (χ1n) is 12.7. The molecule has 0 spiro atoms. The number of aliphatic hydroxyl groups is 1. The molecule has 0 aromatic rings. The molecule has 0 radical (unpaired) electrons. The van der Waals surface area contributed by atoms with E-state index in [4.69, 9.17) is 9.47 Å². The van der Waals surface area contributed by atoms with Gasteiger partial charge in [0, 0.05) is 13.0 Å². The molecule has 184 valence electrons. The van der Waals surface area contributed by atoms with Crippen LogP contribution in [0.15, 0.2) is 48.6 Å². The number of allylic oxidation sites excluding steroid dienone is 8. The molecule has 4 nitrogen and oxygen atoms in total. The SMILES string of the molecule is CC/C=C\C/C=C\C/C=C\C/C=C\CCC(=O)OC(CO)COCCCCCCCCC. The van der Waals surface area contributed by atoms with Crippen LogP contribution in [0.5, 0.6) is 0 Å². The molecule has 0 aromatic carbocycles. The third-order valence-electron chi connectivity index (χ3n) is 4.93. The third kappa shape index (κ3) is 23.0. The number of aliphatic hydroxyl groups excluding tert-OH is 1. The number of ether oxygens (including phenoxy) is 2. The predicted molar refractivity (Wildman–Crippen MR) is 136 cm³/mol. The van der Waals surface area contributed by atoms with Crippen molar-refractivity contribution in [3.05, 3.63) is 48.6 Å². The monoisotopic (exact) mass is 448 g/mol. The molecular weight excluding hydrogens is 400 g/mol. The van der Waals surface area contributed by atoms with Crippen molar-refractivity contribution >= 4 is 5.97 Å². The summed E-state index contributed by atoms with van der Waals surface area (Å²) in [6, 6.07) is 0. The minimum absolute atomic E-state index is 0.202. The highest BCUT2D eigenvalue weighted by atomic mass is 16.6. The Labute approximate surface area is 197 Å². The maximum absolute atomic E-state index is 11.9. The third-order valence-corrected chi connectivity index (χ3v) is 4.93. The molecule has 0 amide bonds. The quantitative estimate of drug-likeness (QED) is 0.108. The van der Waals surface area contributed by atoms with Crippen molar-refractivity contribution in [1.82, 2.24) is 0 Å². The number of hydrogen-bond donors (Lipinski definition) is 1. The summed E-state index contributed by atoms with van der Waals surface area (Å²) in [6.45, 7) is 5.08. The molecule has 1 unspecified atom stereocenters. The second kappa shape index (κ2) is 25.6. The zero-order chi connectivity index (χ0) is 23.5. The van der Waals surface area contributed by atoms with Crippen LogP contribution in [-0.4, -0.2) is 37.0 Å². The minimum Gasteiger partial charge on any atom is -0.457 e. The molecule has 32 heavy (non-hydrogen) atoms. The molecule has 0 saturated carbocycles. The van der Waals surface area contributed by atoms with Crippen molar-refractivity contribution in [2.75, 3.05) is 19.8 Å². The van der Waals surface area contributed by atoms with Gasteiger partial charge in [0.05, 0.1) is 13.2 Å². The van der Waals surface area contributed by atoms with Crippen molar-refractivity contribution < 1.29 is 19.4 Å². The molecule has 0 aliphatic rings. The average Bonchev–Trinajstić information content (AvgIpc) is 2.80. The fourth-order valence-electron chi connectivity index (χ4n) is 3.04. The molecule has 4 heteroatoms. The summed E-state index contributed by atoms with van der Waals surface area (Å²) in [5.41, 5.74) is 0. The summed E-state index contributed by atoms with van der Waals surface area (Å²) in [6.07, 6.45) is 30.0. The summed E-state index contributed by atoms with van der Waals surface area (Å²) >= 11 is 0. The minimum atomic E-state index is -0.565. The summed E-state index contributed by atoms with van der Waals surface area (Å²) < 4.78 is 10.9. The molecule has 0 rings (SSSR count). The van der Waals surface area contributed by atoms with Gasteiger partial charge in [0.1, 0.15) is 6.10 Å². The Morgan fingerprint density at radius 2 is 1.34 bits per heavy atom. The largest absolute Gasteiger partial charge is 0.457 e. The lowest BCUT2D eigenvalue weighted by Gasteiger charge is -2.15. The summed E-state index contributed by atoms with van der Waals surface area (Å²) in [4.78, 5) is 11.9. The zero-order valence-electron chi connectivity index (χ0n) is 20.7. The molecular formula is C28H48O4. The maximum Gasteiger partial charge on any atom is 0.306 e. The lowest BCUT2D eigenvalue weighted by atomic mass is 10.1. The van der Waals surface area contributed by atoms with E-state index in [2.05, 4.69) is 56.4 Å². The van der Waals surface area contributed by atoms with Gasteiger partial charge in [-0.3, -0.25) is 4.79 Å². The lowest BCUT2D eigenvalue weighted by Crippen LogP contribution is -2.27. The molecule has 0 aromatic heterocycles. The van der Waals surface area contributed by atoms with Crippen molar-refractivity contribution in [2.24, 2.45) is 0 Å². The van der Waals surface area contributed by atoms with Gasteiger partial charge in [-0.05, 0) is 38.5 Å². The number of hydrogen-bond acceptors (Lipinski definition) is 4. The average molecular weight is 449 g/mol. The Balaban J connectivity index is 3.68. The standard InChI is InChI=1S/C28H48O4/c1-3-5-7-9-11-12-13-14-15-16-17-19-21-23-28(30)32-27(25-29)26-31-24-22-20-18-10-8-6-4-2/h5,7,11-12,14-15,17,19,27,29H,3-4,6,8-10,13,16,18,20-26H2,1-2H3/b7-5-,12-11-,15-14-,19-17-. The summed E-state index contributed by atoms with van der Waals surface area (Å²) in [7, 11) is 0. The first-order chi connectivity index (χ1) is 15.7. The van der Waals surface area contributed by atoms with E-state index in [0.29, 0.717) is 19.4 Å². The van der Waals surface area contributed by atoms with Gasteiger partial charge in [-0.1, -0.05) is 101 Å². The molecule has 0 bridgehead atoms. The van der Waals surface area contributed by atoms with Gasteiger partial charge in [-0.2, -0.15) is 0 Å². The Hall–Kier alpha value is -1.65. The smallest absolute Gasteiger partial charge is 0.306 e. The molecule has 0 heterocycles. The van der Waals surface area contributed by atoms with Crippen LogP contribution in [-0.2, 0) is 14.3 Å². The predicted octanol–water partition coefficient (Wildman–Crippen LogP) is 7.24. The van der Waals surface area contributed by atoms with E-state index in [0.717, 1.165) is 32.1 Å². The first kappa shape index (κ1) is 30.4. The van der Waals surface area contributed by atoms with Gasteiger partial charge in [0.25, 0.3) is 0 Å². The van der Waals surface area contributed by atoms with Gasteiger partial charge in [0.15, 0.2) is 0 Å². The van der Waals surface area contributed by atoms with Gasteiger partial charge >= 0.3 is 5.97 Å². The number of rotatable bonds is 22. The van der Waals surface area contributed by atoms with Crippen molar-refractivity contribution in [2.45, 2.75) is 103 Å². The van der Waals surface area contributed by atoms with Crippen LogP contribution in [0, 0.1) is 0 Å². The Bertz CT molecular complexity index is 520. The second-order valence-corrected chi connectivity index (χ2v) is 8.03. The highest BCUT2D eigenvalue weighted by Crippen LogP contribution is 2.07. The van der Waals surface area contributed by atoms with E-state index in [9.17, 15) is 9.90 Å². The van der Waals surface area contributed by atoms with Crippen LogP contribution >= 0.6 is 0 Å². The van der Waals surface area contributed by atoms with E-state index in [1.54, 1.807) is 0 Å². The molecule has 1 N–H and O–H groups in total. The van der Waals surface area contributed by atoms with Crippen LogP contribution in [0.3, 0.4) is 0 Å². The molecule has 0 aliphatic heterocycles. The number of unbranched alkanes of at least 4 members (excludes halogenated alkanes) is 6. The topological polar surface area (TPSA) is 55.8 Å². The van der Waals surface area contributed by atoms with Crippen molar-refractivity contribution in [3.63, 3.8) is 0 Å². The van der Waals surface area contributed by atoms with Crippen LogP contribution < -0.4 is 0 Å². The lowest BCUT2D eigenvalue weighted by molar-refractivity contribution is -0.154. The van der Waals surface area contributed by atoms with Crippen molar-refractivity contribution in [3.8, 4) is 0 Å². The van der Waals surface area contributed by atoms with Crippen LogP contribution in [0.1, 0.15) is 97.3 Å². The normalized spacial score (nSPS) is 13.2. The first-order valence-corrected chi connectivity index (χ1v) is 12.7. The molecule has 0 aliphatic carbocycles. The van der Waals surface area contributed by atoms with E-state index in [1.165, 1.54) is 38.5 Å². The van der Waals surface area contributed by atoms with Gasteiger partial charge in [-0.25, -0.2) is 0 Å².